The van der Waals surface area contributed by atoms with E-state index in [-0.39, 0.29) is 66.7 Å². The van der Waals surface area contributed by atoms with Gasteiger partial charge in [-0.3, -0.25) is 4.90 Å². The number of sulfone groups is 1. The van der Waals surface area contributed by atoms with E-state index in [2.05, 4.69) is 20.3 Å². The van der Waals surface area contributed by atoms with E-state index in [9.17, 15) is 30.4 Å². The van der Waals surface area contributed by atoms with Gasteiger partial charge < -0.3 is 20.7 Å². The molecule has 4 atom stereocenters. The Morgan fingerprint density at radius 3 is 2.60 bits per heavy atom. The quantitative estimate of drug-likeness (QED) is 0.461. The topological polar surface area (TPSA) is 127 Å². The van der Waals surface area contributed by atoms with Crippen LogP contribution in [0.3, 0.4) is 0 Å². The molecule has 0 radical (unpaired) electrons. The third kappa shape index (κ3) is 5.41. The normalized spacial score (nSPS) is 29.2. The number of halogens is 5. The number of alkyl halides is 3. The first-order chi connectivity index (χ1) is 21.2. The average Bonchev–Trinajstić information content (AvgIpc) is 3.61. The Morgan fingerprint density at radius 1 is 1.18 bits per heavy atom. The summed E-state index contributed by atoms with van der Waals surface area (Å²) in [6, 6.07) is 1.39. The number of nitrogens with one attached hydrogen (secondary N) is 1. The van der Waals surface area contributed by atoms with Crippen molar-refractivity contribution in [2.75, 3.05) is 43.4 Å². The number of ether oxygens (including phenoxy) is 1. The molecule has 2 bridgehead atoms. The largest absolute Gasteiger partial charge is 0.461 e. The number of anilines is 2. The Labute approximate surface area is 257 Å². The number of pyridine rings is 1. The number of rotatable bonds is 5. The summed E-state index contributed by atoms with van der Waals surface area (Å²) in [7, 11) is -4.21. The van der Waals surface area contributed by atoms with Crippen LogP contribution in [0, 0.1) is 6.92 Å². The van der Waals surface area contributed by atoms with E-state index in [1.165, 1.54) is 6.92 Å². The summed E-state index contributed by atoms with van der Waals surface area (Å²) < 4.78 is 103. The van der Waals surface area contributed by atoms with Gasteiger partial charge >= 0.3 is 12.2 Å². The predicted octanol–water partition coefficient (Wildman–Crippen LogP) is 3.70. The number of piperazine rings is 1. The van der Waals surface area contributed by atoms with Crippen molar-refractivity contribution in [3.05, 3.63) is 45.8 Å². The summed E-state index contributed by atoms with van der Waals surface area (Å²) in [5, 5.41) is 1.89. The van der Waals surface area contributed by atoms with E-state index < -0.39 is 49.9 Å². The van der Waals surface area contributed by atoms with Crippen LogP contribution < -0.4 is 20.7 Å². The molecule has 2 aromatic rings. The van der Waals surface area contributed by atoms with Gasteiger partial charge in [-0.25, -0.2) is 13.4 Å². The number of hydrogen-bond donors (Lipinski definition) is 2. The SMILES string of the molecule is Cc1cc(N)nc([C@@H]2Cc3nc(OC[C@@]45CCCN4CC(=C(F)F)C5)nc(N4CC5CCC(C4)N5)c3CS2(=O)=O)c1C(F)(F)F. The van der Waals surface area contributed by atoms with Crippen molar-refractivity contribution >= 4 is 21.5 Å². The maximum atomic E-state index is 14.2. The summed E-state index contributed by atoms with van der Waals surface area (Å²) in [6.07, 6.45) is -3.35. The molecule has 7 heterocycles. The van der Waals surface area contributed by atoms with Gasteiger partial charge in [0.05, 0.1) is 28.2 Å². The summed E-state index contributed by atoms with van der Waals surface area (Å²) in [5.41, 5.74) is 3.88. The number of fused-ring (bicyclic) bond motifs is 4. The Morgan fingerprint density at radius 2 is 1.91 bits per heavy atom. The van der Waals surface area contributed by atoms with Crippen LogP contribution in [0.1, 0.15) is 65.4 Å². The maximum absolute atomic E-state index is 14.2. The van der Waals surface area contributed by atoms with Gasteiger partial charge in [-0.15, -0.1) is 0 Å². The van der Waals surface area contributed by atoms with Gasteiger partial charge in [0, 0.05) is 49.3 Å². The molecule has 0 aromatic carbocycles. The van der Waals surface area contributed by atoms with Crippen LogP contribution in [0.4, 0.5) is 33.6 Å². The molecule has 4 saturated heterocycles. The van der Waals surface area contributed by atoms with Crippen molar-refractivity contribution in [3.63, 3.8) is 0 Å². The lowest BCUT2D eigenvalue weighted by Crippen LogP contribution is -2.52. The molecule has 5 aliphatic heterocycles. The van der Waals surface area contributed by atoms with Crippen molar-refractivity contribution < 1.29 is 35.1 Å². The summed E-state index contributed by atoms with van der Waals surface area (Å²) in [6.45, 7) is 3.23. The Kier molecular flexibility index (Phi) is 7.28. The predicted molar refractivity (Wildman–Crippen MR) is 155 cm³/mol. The zero-order chi connectivity index (χ0) is 31.9. The second kappa shape index (κ2) is 10.7. The van der Waals surface area contributed by atoms with Crippen LogP contribution in [0.15, 0.2) is 17.7 Å². The third-order valence-corrected chi connectivity index (χ3v) is 11.9. The Balaban J connectivity index is 1.29. The molecule has 244 valence electrons. The van der Waals surface area contributed by atoms with Crippen LogP contribution in [0.2, 0.25) is 0 Å². The summed E-state index contributed by atoms with van der Waals surface area (Å²) in [4.78, 5) is 17.2. The lowest BCUT2D eigenvalue weighted by Gasteiger charge is -2.37. The van der Waals surface area contributed by atoms with E-state index in [4.69, 9.17) is 10.5 Å². The van der Waals surface area contributed by atoms with Gasteiger partial charge in [0.15, 0.2) is 9.84 Å². The number of hydrogen-bond acceptors (Lipinski definition) is 10. The number of nitrogen functional groups attached to an aromatic ring is 1. The number of aromatic nitrogens is 3. The molecular formula is C29H34F5N7O3S. The molecule has 16 heteroatoms. The minimum absolute atomic E-state index is 0.0464. The first-order valence-electron chi connectivity index (χ1n) is 15.1. The second-order valence-electron chi connectivity index (χ2n) is 13.0. The molecular weight excluding hydrogens is 621 g/mol. The summed E-state index contributed by atoms with van der Waals surface area (Å²) >= 11 is 0. The van der Waals surface area contributed by atoms with E-state index in [0.29, 0.717) is 37.4 Å². The highest BCUT2D eigenvalue weighted by Crippen LogP contribution is 2.46. The lowest BCUT2D eigenvalue weighted by atomic mass is 9.94. The van der Waals surface area contributed by atoms with E-state index in [1.807, 2.05) is 9.80 Å². The van der Waals surface area contributed by atoms with E-state index in [1.54, 1.807) is 0 Å². The highest BCUT2D eigenvalue weighted by atomic mass is 32.2. The van der Waals surface area contributed by atoms with Crippen molar-refractivity contribution in [1.82, 2.24) is 25.2 Å². The van der Waals surface area contributed by atoms with Crippen molar-refractivity contribution in [3.8, 4) is 6.01 Å². The number of aryl methyl sites for hydroxylation is 1. The monoisotopic (exact) mass is 655 g/mol. The standard InChI is InChI=1S/C29H34F5N7O3S/c1-15-7-22(35)38-24(23(15)29(32,33)34)21-8-20-19(13-45(21,42)43)26(40-11-17-3-4-18(12-40)36-17)39-27(37-20)44-14-28-5-2-6-41(28)10-16(9-28)25(30)31/h7,17-18,21,36H,2-6,8-14H2,1H3,(H2,35,38)/t17?,18?,21-,28-/m0/s1. The summed E-state index contributed by atoms with van der Waals surface area (Å²) in [5.74, 6) is -0.405. The number of nitrogens with two attached hydrogens (primary N) is 1. The fourth-order valence-electron chi connectivity index (χ4n) is 7.97. The molecule has 2 aromatic heterocycles. The minimum atomic E-state index is -4.86. The number of nitrogens with zero attached hydrogens (tertiary/aromatic N) is 5. The van der Waals surface area contributed by atoms with E-state index >= 15 is 0 Å². The first-order valence-corrected chi connectivity index (χ1v) is 16.8. The molecule has 45 heavy (non-hydrogen) atoms. The first kappa shape index (κ1) is 30.5. The van der Waals surface area contributed by atoms with Crippen molar-refractivity contribution in [2.45, 2.75) is 80.3 Å². The molecule has 2 unspecified atom stereocenters. The van der Waals surface area contributed by atoms with Gasteiger partial charge in [-0.05, 0) is 57.2 Å². The fraction of sp³-hybridized carbons (Fsp3) is 0.621. The smallest absolute Gasteiger partial charge is 0.418 e. The van der Waals surface area contributed by atoms with Crippen molar-refractivity contribution in [2.24, 2.45) is 0 Å². The van der Waals surface area contributed by atoms with Crippen LogP contribution in [0.5, 0.6) is 6.01 Å². The molecule has 0 spiro atoms. The Hall–Kier alpha value is -3.11. The van der Waals surface area contributed by atoms with Crippen molar-refractivity contribution in [1.29, 1.82) is 0 Å². The van der Waals surface area contributed by atoms with Gasteiger partial charge in [0.25, 0.3) is 6.08 Å². The van der Waals surface area contributed by atoms with Crippen LogP contribution in [-0.2, 0) is 28.2 Å². The van der Waals surface area contributed by atoms with Gasteiger partial charge in [-0.1, -0.05) is 0 Å². The second-order valence-corrected chi connectivity index (χ2v) is 15.2. The minimum Gasteiger partial charge on any atom is -0.461 e. The Bertz CT molecular complexity index is 1670. The van der Waals surface area contributed by atoms with Crippen LogP contribution >= 0.6 is 0 Å². The molecule has 0 aliphatic carbocycles. The molecule has 0 amide bonds. The van der Waals surface area contributed by atoms with Crippen LogP contribution in [0.25, 0.3) is 0 Å². The average molecular weight is 656 g/mol. The van der Waals surface area contributed by atoms with Gasteiger partial charge in [0.2, 0.25) is 0 Å². The fourth-order valence-corrected chi connectivity index (χ4v) is 9.79. The van der Waals surface area contributed by atoms with Crippen LogP contribution in [-0.4, -0.2) is 78.7 Å². The zero-order valence-electron chi connectivity index (χ0n) is 24.6. The van der Waals surface area contributed by atoms with E-state index in [0.717, 1.165) is 25.3 Å². The zero-order valence-corrected chi connectivity index (χ0v) is 25.4. The lowest BCUT2D eigenvalue weighted by molar-refractivity contribution is -0.139. The highest BCUT2D eigenvalue weighted by Gasteiger charge is 2.49. The molecule has 5 aliphatic rings. The molecule has 7 rings (SSSR count). The van der Waals surface area contributed by atoms with Gasteiger partial charge in [0.1, 0.15) is 23.5 Å². The molecule has 3 N–H and O–H groups in total. The maximum Gasteiger partial charge on any atom is 0.418 e. The molecule has 4 fully saturated rings. The highest BCUT2D eigenvalue weighted by molar-refractivity contribution is 7.91. The van der Waals surface area contributed by atoms with Gasteiger partial charge in [-0.2, -0.15) is 31.9 Å². The molecule has 0 saturated carbocycles. The third-order valence-electron chi connectivity index (χ3n) is 9.98. The molecule has 10 nitrogen and oxygen atoms in total.